The Morgan fingerprint density at radius 2 is 1.58 bits per heavy atom. The molecule has 0 aliphatic rings. The molecule has 1 heterocycles. The van der Waals surface area contributed by atoms with Crippen molar-refractivity contribution in [3.05, 3.63) is 90.0 Å². The van der Waals surface area contributed by atoms with Crippen molar-refractivity contribution in [2.45, 2.75) is 38.1 Å². The number of imidazole rings is 1. The van der Waals surface area contributed by atoms with Gasteiger partial charge in [0.2, 0.25) is 5.91 Å². The molecule has 0 saturated heterocycles. The maximum Gasteiger partial charge on any atom is 0.232 e. The highest BCUT2D eigenvalue weighted by molar-refractivity contribution is 5.90. The number of amides is 1. The maximum absolute atomic E-state index is 12.8. The van der Waals surface area contributed by atoms with E-state index in [4.69, 9.17) is 5.73 Å². The third kappa shape index (κ3) is 3.27. The van der Waals surface area contributed by atoms with Gasteiger partial charge < -0.3 is 10.3 Å². The lowest BCUT2D eigenvalue weighted by molar-refractivity contribution is -0.122. The molecule has 0 saturated carbocycles. The Balaban J connectivity index is 2.06. The Morgan fingerprint density at radius 3 is 2.04 bits per heavy atom. The lowest BCUT2D eigenvalue weighted by Gasteiger charge is -2.32. The molecule has 0 fully saturated rings. The van der Waals surface area contributed by atoms with Crippen molar-refractivity contribution in [3.8, 4) is 0 Å². The first-order valence-electron chi connectivity index (χ1n) is 8.97. The van der Waals surface area contributed by atoms with E-state index < -0.39 is 5.41 Å². The van der Waals surface area contributed by atoms with Crippen molar-refractivity contribution in [3.63, 3.8) is 0 Å². The summed E-state index contributed by atoms with van der Waals surface area (Å²) in [6.45, 7) is 4.91. The SMILES string of the molecule is CC(C)c1nccn1CCC(C(N)=O)(c1ccccc1)c1ccccc1. The molecule has 0 bridgehead atoms. The molecule has 4 heteroatoms. The summed E-state index contributed by atoms with van der Waals surface area (Å²) in [5.41, 5.74) is 6.98. The minimum Gasteiger partial charge on any atom is -0.369 e. The Labute approximate surface area is 154 Å². The summed E-state index contributed by atoms with van der Waals surface area (Å²) >= 11 is 0. The molecule has 2 N–H and O–H groups in total. The topological polar surface area (TPSA) is 60.9 Å². The number of carbonyl (C=O) groups excluding carboxylic acids is 1. The predicted molar refractivity (Wildman–Crippen MR) is 104 cm³/mol. The van der Waals surface area contributed by atoms with Crippen LogP contribution >= 0.6 is 0 Å². The molecule has 0 spiro atoms. The molecule has 0 aliphatic carbocycles. The lowest BCUT2D eigenvalue weighted by Crippen LogP contribution is -2.43. The molecule has 1 amide bonds. The Kier molecular flexibility index (Phi) is 5.21. The van der Waals surface area contributed by atoms with E-state index in [2.05, 4.69) is 23.4 Å². The van der Waals surface area contributed by atoms with Gasteiger partial charge in [0.15, 0.2) is 0 Å². The molecule has 2 aromatic carbocycles. The van der Waals surface area contributed by atoms with E-state index in [0.717, 1.165) is 17.0 Å². The summed E-state index contributed by atoms with van der Waals surface area (Å²) in [6, 6.07) is 19.6. The largest absolute Gasteiger partial charge is 0.369 e. The fourth-order valence-corrected chi connectivity index (χ4v) is 3.61. The summed E-state index contributed by atoms with van der Waals surface area (Å²) in [7, 11) is 0. The number of nitrogens with zero attached hydrogens (tertiary/aromatic N) is 2. The van der Waals surface area contributed by atoms with Crippen LogP contribution in [0.25, 0.3) is 0 Å². The van der Waals surface area contributed by atoms with Gasteiger partial charge >= 0.3 is 0 Å². The van der Waals surface area contributed by atoms with Gasteiger partial charge in [-0.1, -0.05) is 74.5 Å². The molecule has 134 valence electrons. The van der Waals surface area contributed by atoms with Crippen molar-refractivity contribution < 1.29 is 4.79 Å². The number of rotatable bonds is 7. The van der Waals surface area contributed by atoms with Crippen LogP contribution in [0, 0.1) is 0 Å². The van der Waals surface area contributed by atoms with Gasteiger partial charge in [-0.3, -0.25) is 4.79 Å². The van der Waals surface area contributed by atoms with E-state index in [1.54, 1.807) is 0 Å². The van der Waals surface area contributed by atoms with Gasteiger partial charge in [-0.05, 0) is 17.5 Å². The molecule has 0 radical (unpaired) electrons. The monoisotopic (exact) mass is 347 g/mol. The predicted octanol–water partition coefficient (Wildman–Crippen LogP) is 3.87. The van der Waals surface area contributed by atoms with Gasteiger partial charge in [0.1, 0.15) is 11.2 Å². The Morgan fingerprint density at radius 1 is 1.04 bits per heavy atom. The highest BCUT2D eigenvalue weighted by Gasteiger charge is 2.40. The third-order valence-corrected chi connectivity index (χ3v) is 4.95. The van der Waals surface area contributed by atoms with Crippen LogP contribution in [0.15, 0.2) is 73.1 Å². The minimum absolute atomic E-state index is 0.321. The zero-order valence-electron chi connectivity index (χ0n) is 15.3. The number of hydrogen-bond acceptors (Lipinski definition) is 2. The first-order chi connectivity index (χ1) is 12.6. The molecule has 1 aromatic heterocycles. The number of hydrogen-bond donors (Lipinski definition) is 1. The van der Waals surface area contributed by atoms with Crippen LogP contribution in [0.4, 0.5) is 0 Å². The standard InChI is InChI=1S/C22H25N3O/c1-17(2)20-24-14-16-25(20)15-13-22(21(23)26,18-9-5-3-6-10-18)19-11-7-4-8-12-19/h3-12,14,16-17H,13,15H2,1-2H3,(H2,23,26). The molecular formula is C22H25N3O. The van der Waals surface area contributed by atoms with E-state index in [1.807, 2.05) is 73.1 Å². The molecule has 3 aromatic rings. The Bertz CT molecular complexity index is 814. The zero-order valence-corrected chi connectivity index (χ0v) is 15.3. The van der Waals surface area contributed by atoms with Crippen molar-refractivity contribution in [1.82, 2.24) is 9.55 Å². The lowest BCUT2D eigenvalue weighted by atomic mass is 9.71. The summed E-state index contributed by atoms with van der Waals surface area (Å²) in [5, 5.41) is 0. The normalized spacial score (nSPS) is 11.7. The zero-order chi connectivity index (χ0) is 18.6. The number of aryl methyl sites for hydroxylation is 1. The van der Waals surface area contributed by atoms with Crippen LogP contribution in [0.3, 0.4) is 0 Å². The van der Waals surface area contributed by atoms with Gasteiger partial charge in [0, 0.05) is 24.9 Å². The number of carbonyl (C=O) groups is 1. The van der Waals surface area contributed by atoms with Crippen LogP contribution in [-0.2, 0) is 16.8 Å². The fraction of sp³-hybridized carbons (Fsp3) is 0.273. The van der Waals surface area contributed by atoms with Gasteiger partial charge in [0.05, 0.1) is 0 Å². The number of benzene rings is 2. The average Bonchev–Trinajstić information content (AvgIpc) is 3.13. The number of nitrogens with two attached hydrogens (primary N) is 1. The van der Waals surface area contributed by atoms with Gasteiger partial charge in [-0.25, -0.2) is 4.98 Å². The summed E-state index contributed by atoms with van der Waals surface area (Å²) < 4.78 is 2.12. The molecular weight excluding hydrogens is 322 g/mol. The summed E-state index contributed by atoms with van der Waals surface area (Å²) in [6.07, 6.45) is 4.36. The van der Waals surface area contributed by atoms with Crippen molar-refractivity contribution in [2.75, 3.05) is 0 Å². The highest BCUT2D eigenvalue weighted by atomic mass is 16.1. The minimum atomic E-state index is -0.874. The van der Waals surface area contributed by atoms with Gasteiger partial charge in [0.25, 0.3) is 0 Å². The van der Waals surface area contributed by atoms with E-state index in [0.29, 0.717) is 18.9 Å². The second-order valence-corrected chi connectivity index (χ2v) is 6.89. The third-order valence-electron chi connectivity index (χ3n) is 4.95. The van der Waals surface area contributed by atoms with Crippen LogP contribution < -0.4 is 5.73 Å². The van der Waals surface area contributed by atoms with E-state index in [1.165, 1.54) is 0 Å². The van der Waals surface area contributed by atoms with Gasteiger partial charge in [-0.2, -0.15) is 0 Å². The first-order valence-corrected chi connectivity index (χ1v) is 8.97. The van der Waals surface area contributed by atoms with Crippen LogP contribution in [0.5, 0.6) is 0 Å². The van der Waals surface area contributed by atoms with Crippen LogP contribution in [-0.4, -0.2) is 15.5 Å². The molecule has 3 rings (SSSR count). The van der Waals surface area contributed by atoms with Crippen molar-refractivity contribution in [1.29, 1.82) is 0 Å². The molecule has 0 aliphatic heterocycles. The molecule has 4 nitrogen and oxygen atoms in total. The van der Waals surface area contributed by atoms with E-state index >= 15 is 0 Å². The smallest absolute Gasteiger partial charge is 0.232 e. The number of aromatic nitrogens is 2. The maximum atomic E-state index is 12.8. The van der Waals surface area contributed by atoms with Crippen LogP contribution in [0.2, 0.25) is 0 Å². The van der Waals surface area contributed by atoms with Crippen molar-refractivity contribution in [2.24, 2.45) is 5.73 Å². The van der Waals surface area contributed by atoms with Crippen molar-refractivity contribution >= 4 is 5.91 Å². The second-order valence-electron chi connectivity index (χ2n) is 6.89. The van der Waals surface area contributed by atoms with E-state index in [-0.39, 0.29) is 5.91 Å². The highest BCUT2D eigenvalue weighted by Crippen LogP contribution is 2.36. The Hall–Kier alpha value is -2.88. The van der Waals surface area contributed by atoms with E-state index in [9.17, 15) is 4.79 Å². The fourth-order valence-electron chi connectivity index (χ4n) is 3.61. The summed E-state index contributed by atoms with van der Waals surface area (Å²) in [5.74, 6) is 1.01. The molecule has 26 heavy (non-hydrogen) atoms. The average molecular weight is 347 g/mol. The summed E-state index contributed by atoms with van der Waals surface area (Å²) in [4.78, 5) is 17.3. The second kappa shape index (κ2) is 7.56. The molecule has 0 unspecified atom stereocenters. The molecule has 0 atom stereocenters. The van der Waals surface area contributed by atoms with Gasteiger partial charge in [-0.15, -0.1) is 0 Å². The quantitative estimate of drug-likeness (QED) is 0.705. The first kappa shape index (κ1) is 17.9. The van der Waals surface area contributed by atoms with Crippen LogP contribution in [0.1, 0.15) is 43.1 Å². The number of primary amides is 1.